The Balaban J connectivity index is 1.43. The molecule has 0 bridgehead atoms. The van der Waals surface area contributed by atoms with Gasteiger partial charge < -0.3 is 20.7 Å². The van der Waals surface area contributed by atoms with Gasteiger partial charge in [0.05, 0.1) is 12.7 Å². The fourth-order valence-electron chi connectivity index (χ4n) is 3.58. The van der Waals surface area contributed by atoms with E-state index in [-0.39, 0.29) is 5.97 Å². The van der Waals surface area contributed by atoms with Gasteiger partial charge in [-0.25, -0.2) is 4.79 Å². The molecule has 0 saturated heterocycles. The highest BCUT2D eigenvalue weighted by atomic mass is 35.5. The van der Waals surface area contributed by atoms with E-state index in [0.717, 1.165) is 47.6 Å². The number of aryl methyl sites for hydroxylation is 1. The van der Waals surface area contributed by atoms with Crippen LogP contribution in [0, 0.1) is 0 Å². The first kappa shape index (κ1) is 22.4. The second-order valence-electron chi connectivity index (χ2n) is 7.28. The van der Waals surface area contributed by atoms with E-state index in [4.69, 9.17) is 28.6 Å². The van der Waals surface area contributed by atoms with Crippen molar-refractivity contribution in [2.45, 2.75) is 32.1 Å². The average molecular weight is 488 g/mol. The lowest BCUT2D eigenvalue weighted by molar-refractivity contribution is 0.0601. The molecule has 0 aliphatic heterocycles. The first-order valence-corrected chi connectivity index (χ1v) is 11.8. The second kappa shape index (κ2) is 10.2. The number of hydrogen-bond donors (Lipinski definition) is 3. The Morgan fingerprint density at radius 1 is 1.03 bits per heavy atom. The minimum Gasteiger partial charge on any atom is -0.465 e. The molecule has 3 N–H and O–H groups in total. The summed E-state index contributed by atoms with van der Waals surface area (Å²) in [5.41, 5.74) is 3.38. The quantitative estimate of drug-likeness (QED) is 0.236. The van der Waals surface area contributed by atoms with Gasteiger partial charge >= 0.3 is 5.97 Å². The highest BCUT2D eigenvalue weighted by molar-refractivity contribution is 7.80. The molecule has 1 aliphatic rings. The Morgan fingerprint density at radius 2 is 1.78 bits per heavy atom. The number of hydrogen-bond acceptors (Lipinski definition) is 7. The van der Waals surface area contributed by atoms with E-state index in [9.17, 15) is 4.79 Å². The van der Waals surface area contributed by atoms with Gasteiger partial charge in [0, 0.05) is 16.3 Å². The fourth-order valence-corrected chi connectivity index (χ4v) is 5.25. The number of nitrogens with zero attached hydrogens (tertiary/aromatic N) is 2. The highest BCUT2D eigenvalue weighted by Crippen LogP contribution is 2.38. The zero-order valence-corrected chi connectivity index (χ0v) is 19.8. The molecule has 0 spiro atoms. The van der Waals surface area contributed by atoms with Crippen LogP contribution in [0.15, 0.2) is 36.4 Å². The van der Waals surface area contributed by atoms with Gasteiger partial charge in [0.2, 0.25) is 0 Å². The van der Waals surface area contributed by atoms with E-state index >= 15 is 0 Å². The number of thiocarbonyl (C=S) groups is 1. The third kappa shape index (κ3) is 5.35. The van der Waals surface area contributed by atoms with Gasteiger partial charge in [0.15, 0.2) is 16.1 Å². The third-order valence-electron chi connectivity index (χ3n) is 5.09. The third-order valence-corrected chi connectivity index (χ3v) is 6.70. The molecule has 0 fully saturated rings. The summed E-state index contributed by atoms with van der Waals surface area (Å²) in [5.74, 6) is 0.274. The number of ether oxygens (including phenoxy) is 1. The van der Waals surface area contributed by atoms with Crippen molar-refractivity contribution in [3.8, 4) is 0 Å². The van der Waals surface area contributed by atoms with Gasteiger partial charge in [-0.1, -0.05) is 18.0 Å². The van der Waals surface area contributed by atoms with Crippen molar-refractivity contribution in [3.63, 3.8) is 0 Å². The molecule has 0 saturated carbocycles. The van der Waals surface area contributed by atoms with Crippen LogP contribution in [0.2, 0.25) is 5.15 Å². The van der Waals surface area contributed by atoms with E-state index in [1.807, 2.05) is 24.3 Å². The Labute approximate surface area is 200 Å². The summed E-state index contributed by atoms with van der Waals surface area (Å²) >= 11 is 12.9. The Bertz CT molecular complexity index is 1120. The maximum Gasteiger partial charge on any atom is 0.341 e. The van der Waals surface area contributed by atoms with Gasteiger partial charge in [-0.2, -0.15) is 0 Å². The molecule has 1 aromatic carbocycles. The first-order chi connectivity index (χ1) is 15.5. The maximum atomic E-state index is 12.5. The lowest BCUT2D eigenvalue weighted by Crippen LogP contribution is -2.20. The summed E-state index contributed by atoms with van der Waals surface area (Å²) in [7, 11) is 1.41. The number of benzene rings is 1. The molecule has 0 radical (unpaired) electrons. The van der Waals surface area contributed by atoms with Crippen molar-refractivity contribution in [1.82, 2.24) is 10.2 Å². The predicted molar refractivity (Wildman–Crippen MR) is 134 cm³/mol. The smallest absolute Gasteiger partial charge is 0.341 e. The van der Waals surface area contributed by atoms with Crippen LogP contribution in [0.1, 0.15) is 40.1 Å². The molecule has 3 aromatic rings. The van der Waals surface area contributed by atoms with Crippen LogP contribution in [0.5, 0.6) is 0 Å². The standard InChI is InChI=1S/C22H22ClN5O2S2/c1-30-21(29)19-15-5-3-2-4-6-16(15)32-20(19)26-22(31)25-14-9-7-13(8-10-14)24-18-12-11-17(23)27-28-18/h7-12H,2-6H2,1H3,(H,24,28)(H2,25,26,31). The molecule has 32 heavy (non-hydrogen) atoms. The van der Waals surface area contributed by atoms with Gasteiger partial charge in [-0.05, 0) is 79.9 Å². The van der Waals surface area contributed by atoms with Crippen molar-refractivity contribution < 1.29 is 9.53 Å². The van der Waals surface area contributed by atoms with Crippen LogP contribution >= 0.6 is 35.2 Å². The molecular weight excluding hydrogens is 466 g/mol. The topological polar surface area (TPSA) is 88.2 Å². The van der Waals surface area contributed by atoms with Gasteiger partial charge in [0.1, 0.15) is 5.00 Å². The molecule has 2 heterocycles. The number of carbonyl (C=O) groups excluding carboxylic acids is 1. The summed E-state index contributed by atoms with van der Waals surface area (Å²) < 4.78 is 5.05. The largest absolute Gasteiger partial charge is 0.465 e. The minimum atomic E-state index is -0.324. The molecular formula is C22H22ClN5O2S2. The number of halogens is 1. The number of methoxy groups -OCH3 is 1. The molecule has 0 amide bonds. The van der Waals surface area contributed by atoms with Gasteiger partial charge in [-0.3, -0.25) is 0 Å². The Hall–Kier alpha value is -2.75. The van der Waals surface area contributed by atoms with E-state index in [1.165, 1.54) is 18.4 Å². The summed E-state index contributed by atoms with van der Waals surface area (Å²) in [6.45, 7) is 0. The van der Waals surface area contributed by atoms with Crippen molar-refractivity contribution in [2.24, 2.45) is 0 Å². The Kier molecular flexibility index (Phi) is 7.19. The van der Waals surface area contributed by atoms with Crippen LogP contribution in [-0.4, -0.2) is 28.4 Å². The minimum absolute atomic E-state index is 0.324. The molecule has 2 aromatic heterocycles. The lowest BCUT2D eigenvalue weighted by atomic mass is 10.1. The van der Waals surface area contributed by atoms with Gasteiger partial charge in [-0.15, -0.1) is 21.5 Å². The Morgan fingerprint density at radius 3 is 2.50 bits per heavy atom. The number of aromatic nitrogens is 2. The number of anilines is 4. The first-order valence-electron chi connectivity index (χ1n) is 10.2. The maximum absolute atomic E-state index is 12.5. The van der Waals surface area contributed by atoms with Crippen molar-refractivity contribution in [2.75, 3.05) is 23.1 Å². The number of carbonyl (C=O) groups is 1. The van der Waals surface area contributed by atoms with Crippen LogP contribution in [0.4, 0.5) is 22.2 Å². The molecule has 4 rings (SSSR count). The molecule has 7 nitrogen and oxygen atoms in total. The number of esters is 1. The SMILES string of the molecule is COC(=O)c1c(NC(=S)Nc2ccc(Nc3ccc(Cl)nn3)cc2)sc2c1CCCCC2. The monoisotopic (exact) mass is 487 g/mol. The molecule has 0 unspecified atom stereocenters. The van der Waals surface area contributed by atoms with Crippen molar-refractivity contribution >= 4 is 68.4 Å². The van der Waals surface area contributed by atoms with Crippen molar-refractivity contribution in [1.29, 1.82) is 0 Å². The normalized spacial score (nSPS) is 12.9. The molecule has 166 valence electrons. The van der Waals surface area contributed by atoms with E-state index in [2.05, 4.69) is 26.1 Å². The van der Waals surface area contributed by atoms with Gasteiger partial charge in [0.25, 0.3) is 0 Å². The molecule has 1 aliphatic carbocycles. The fraction of sp³-hybridized carbons (Fsp3) is 0.273. The second-order valence-corrected chi connectivity index (χ2v) is 9.18. The van der Waals surface area contributed by atoms with Crippen LogP contribution in [-0.2, 0) is 17.6 Å². The summed E-state index contributed by atoms with van der Waals surface area (Å²) in [6, 6.07) is 11.0. The number of nitrogens with one attached hydrogen (secondary N) is 3. The summed E-state index contributed by atoms with van der Waals surface area (Å²) in [4.78, 5) is 13.7. The van der Waals surface area contributed by atoms with Crippen LogP contribution < -0.4 is 16.0 Å². The number of rotatable bonds is 5. The predicted octanol–water partition coefficient (Wildman–Crippen LogP) is 5.80. The summed E-state index contributed by atoms with van der Waals surface area (Å²) in [6.07, 6.45) is 5.28. The molecule has 0 atom stereocenters. The zero-order chi connectivity index (χ0) is 22.5. The van der Waals surface area contributed by atoms with E-state index < -0.39 is 0 Å². The van der Waals surface area contributed by atoms with Crippen LogP contribution in [0.3, 0.4) is 0 Å². The zero-order valence-electron chi connectivity index (χ0n) is 17.4. The van der Waals surface area contributed by atoms with Crippen LogP contribution in [0.25, 0.3) is 0 Å². The lowest BCUT2D eigenvalue weighted by Gasteiger charge is -2.12. The van der Waals surface area contributed by atoms with E-state index in [0.29, 0.717) is 21.6 Å². The summed E-state index contributed by atoms with van der Waals surface area (Å²) in [5, 5.41) is 18.8. The number of thiophene rings is 1. The number of fused-ring (bicyclic) bond motifs is 1. The highest BCUT2D eigenvalue weighted by Gasteiger charge is 2.25. The molecule has 10 heteroatoms. The van der Waals surface area contributed by atoms with Crippen molar-refractivity contribution in [3.05, 3.63) is 57.6 Å². The average Bonchev–Trinajstić information content (AvgIpc) is 2.96. The van der Waals surface area contributed by atoms with E-state index in [1.54, 1.807) is 23.5 Å².